The Labute approximate surface area is 127 Å². The Morgan fingerprint density at radius 1 is 1.43 bits per heavy atom. The number of methoxy groups -OCH3 is 1. The van der Waals surface area contributed by atoms with Crippen LogP contribution in [0.1, 0.15) is 24.5 Å². The van der Waals surface area contributed by atoms with Crippen molar-refractivity contribution in [3.8, 4) is 0 Å². The maximum atomic E-state index is 11.3. The lowest BCUT2D eigenvalue weighted by Crippen LogP contribution is -2.24. The molecule has 2 atom stereocenters. The molecular formula is C12H20N2O6S. The predicted molar refractivity (Wildman–Crippen MR) is 74.3 cm³/mol. The molecule has 0 fully saturated rings. The number of aliphatic hydroxyl groups is 1. The Hall–Kier alpha value is -1.16. The first-order chi connectivity index (χ1) is 10.1. The van der Waals surface area contributed by atoms with Gasteiger partial charge in [-0.1, -0.05) is 16.9 Å². The maximum Gasteiger partial charge on any atom is 0.396 e. The number of ether oxygens (including phenoxy) is 3. The summed E-state index contributed by atoms with van der Waals surface area (Å²) in [6, 6.07) is 0. The lowest BCUT2D eigenvalue weighted by molar-refractivity contribution is -0.0257. The summed E-state index contributed by atoms with van der Waals surface area (Å²) in [5.41, 5.74) is 0. The van der Waals surface area contributed by atoms with Crippen LogP contribution in [0.15, 0.2) is 9.64 Å². The van der Waals surface area contributed by atoms with E-state index >= 15 is 0 Å². The summed E-state index contributed by atoms with van der Waals surface area (Å²) >= 11 is 1.14. The molecule has 1 rings (SSSR count). The van der Waals surface area contributed by atoms with E-state index in [1.807, 2.05) is 6.92 Å². The monoisotopic (exact) mass is 320 g/mol. The molecule has 0 aromatic carbocycles. The van der Waals surface area contributed by atoms with Crippen LogP contribution in [0, 0.1) is 0 Å². The van der Waals surface area contributed by atoms with E-state index in [4.69, 9.17) is 18.6 Å². The van der Waals surface area contributed by atoms with Crippen LogP contribution >= 0.6 is 11.8 Å². The van der Waals surface area contributed by atoms with Gasteiger partial charge in [0.25, 0.3) is 5.22 Å². The molecule has 1 aromatic heterocycles. The second kappa shape index (κ2) is 9.72. The van der Waals surface area contributed by atoms with Crippen LogP contribution in [0.2, 0.25) is 0 Å². The highest BCUT2D eigenvalue weighted by molar-refractivity contribution is 7.99. The van der Waals surface area contributed by atoms with Crippen LogP contribution < -0.4 is 0 Å². The Morgan fingerprint density at radius 3 is 2.86 bits per heavy atom. The molecule has 0 saturated carbocycles. The van der Waals surface area contributed by atoms with Gasteiger partial charge in [-0.05, 0) is 13.8 Å². The average Bonchev–Trinajstić information content (AvgIpc) is 2.92. The van der Waals surface area contributed by atoms with Crippen molar-refractivity contribution in [2.24, 2.45) is 0 Å². The van der Waals surface area contributed by atoms with Crippen molar-refractivity contribution in [2.45, 2.75) is 31.3 Å². The van der Waals surface area contributed by atoms with E-state index in [0.717, 1.165) is 11.8 Å². The van der Waals surface area contributed by atoms with E-state index in [-0.39, 0.29) is 30.4 Å². The summed E-state index contributed by atoms with van der Waals surface area (Å²) in [5, 5.41) is 17.2. The minimum atomic E-state index is -0.688. The van der Waals surface area contributed by atoms with Crippen LogP contribution in [0.25, 0.3) is 0 Å². The number of rotatable bonds is 10. The third-order valence-electron chi connectivity index (χ3n) is 2.23. The SMILES string of the molecule is CCOC(=O)c1nnc(SCC(O)COC(C)COC)o1. The molecule has 0 bridgehead atoms. The topological polar surface area (TPSA) is 104 Å². The van der Waals surface area contributed by atoms with Crippen molar-refractivity contribution in [3.63, 3.8) is 0 Å². The van der Waals surface area contributed by atoms with E-state index < -0.39 is 12.1 Å². The van der Waals surface area contributed by atoms with E-state index in [1.54, 1.807) is 14.0 Å². The van der Waals surface area contributed by atoms with Gasteiger partial charge >= 0.3 is 11.9 Å². The van der Waals surface area contributed by atoms with Gasteiger partial charge in [-0.25, -0.2) is 4.79 Å². The molecule has 0 aliphatic carbocycles. The largest absolute Gasteiger partial charge is 0.459 e. The summed E-state index contributed by atoms with van der Waals surface area (Å²) in [5.74, 6) is -0.544. The van der Waals surface area contributed by atoms with Gasteiger partial charge in [0.1, 0.15) is 0 Å². The molecule has 120 valence electrons. The molecule has 0 amide bonds. The van der Waals surface area contributed by atoms with Crippen LogP contribution in [0.4, 0.5) is 0 Å². The number of esters is 1. The van der Waals surface area contributed by atoms with E-state index in [0.29, 0.717) is 12.4 Å². The predicted octanol–water partition coefficient (Wildman–Crippen LogP) is 0.751. The second-order valence-electron chi connectivity index (χ2n) is 4.16. The molecule has 0 spiro atoms. The van der Waals surface area contributed by atoms with E-state index in [9.17, 15) is 9.90 Å². The molecule has 0 aliphatic heterocycles. The fraction of sp³-hybridized carbons (Fsp3) is 0.750. The van der Waals surface area contributed by atoms with Crippen LogP contribution in [0.3, 0.4) is 0 Å². The highest BCUT2D eigenvalue weighted by Crippen LogP contribution is 2.17. The van der Waals surface area contributed by atoms with Gasteiger partial charge in [0.2, 0.25) is 0 Å². The zero-order valence-corrected chi connectivity index (χ0v) is 13.1. The van der Waals surface area contributed by atoms with Crippen molar-refractivity contribution in [2.75, 3.05) is 32.7 Å². The Morgan fingerprint density at radius 2 is 2.19 bits per heavy atom. The van der Waals surface area contributed by atoms with E-state index in [2.05, 4.69) is 10.2 Å². The molecule has 9 heteroatoms. The summed E-state index contributed by atoms with van der Waals surface area (Å²) in [7, 11) is 1.59. The molecular weight excluding hydrogens is 300 g/mol. The van der Waals surface area contributed by atoms with Crippen molar-refractivity contribution in [1.82, 2.24) is 10.2 Å². The summed E-state index contributed by atoms with van der Waals surface area (Å²) in [4.78, 5) is 11.3. The Balaban J connectivity index is 2.29. The maximum absolute atomic E-state index is 11.3. The number of hydrogen-bond donors (Lipinski definition) is 1. The van der Waals surface area contributed by atoms with Crippen molar-refractivity contribution in [3.05, 3.63) is 5.89 Å². The van der Waals surface area contributed by atoms with Crippen LogP contribution in [-0.2, 0) is 14.2 Å². The van der Waals surface area contributed by atoms with Crippen molar-refractivity contribution < 1.29 is 28.5 Å². The number of aliphatic hydroxyl groups excluding tert-OH is 1. The van der Waals surface area contributed by atoms with Crippen LogP contribution in [0.5, 0.6) is 0 Å². The number of aromatic nitrogens is 2. The highest BCUT2D eigenvalue weighted by atomic mass is 32.2. The number of carbonyl (C=O) groups is 1. The number of thioether (sulfide) groups is 1. The van der Waals surface area contributed by atoms with Crippen molar-refractivity contribution in [1.29, 1.82) is 0 Å². The molecule has 21 heavy (non-hydrogen) atoms. The lowest BCUT2D eigenvalue weighted by Gasteiger charge is -2.14. The summed E-state index contributed by atoms with van der Waals surface area (Å²) < 4.78 is 20.1. The zero-order valence-electron chi connectivity index (χ0n) is 12.3. The zero-order chi connectivity index (χ0) is 15.7. The third-order valence-corrected chi connectivity index (χ3v) is 3.19. The molecule has 1 heterocycles. The molecule has 0 radical (unpaired) electrons. The molecule has 0 saturated heterocycles. The van der Waals surface area contributed by atoms with Gasteiger partial charge < -0.3 is 23.7 Å². The first-order valence-corrected chi connectivity index (χ1v) is 7.47. The molecule has 1 aromatic rings. The Bertz CT molecular complexity index is 428. The van der Waals surface area contributed by atoms with Gasteiger partial charge in [-0.2, -0.15) is 0 Å². The lowest BCUT2D eigenvalue weighted by atomic mass is 10.4. The third kappa shape index (κ3) is 6.89. The first kappa shape index (κ1) is 17.9. The van der Waals surface area contributed by atoms with Gasteiger partial charge in [0.05, 0.1) is 32.0 Å². The standard InChI is InChI=1S/C12H20N2O6S/c1-4-18-11(16)10-13-14-12(20-10)21-7-9(15)6-19-8(2)5-17-3/h8-9,15H,4-7H2,1-3H3. The second-order valence-corrected chi connectivity index (χ2v) is 5.13. The number of nitrogens with zero attached hydrogens (tertiary/aromatic N) is 2. The van der Waals surface area contributed by atoms with Gasteiger partial charge in [-0.15, -0.1) is 5.10 Å². The van der Waals surface area contributed by atoms with Gasteiger partial charge in [-0.3, -0.25) is 0 Å². The Kier molecular flexibility index (Phi) is 8.28. The molecule has 8 nitrogen and oxygen atoms in total. The molecule has 0 aliphatic rings. The quantitative estimate of drug-likeness (QED) is 0.494. The van der Waals surface area contributed by atoms with E-state index in [1.165, 1.54) is 0 Å². The smallest absolute Gasteiger partial charge is 0.396 e. The highest BCUT2D eigenvalue weighted by Gasteiger charge is 2.17. The minimum absolute atomic E-state index is 0.0894. The average molecular weight is 320 g/mol. The fourth-order valence-electron chi connectivity index (χ4n) is 1.32. The molecule has 1 N–H and O–H groups in total. The first-order valence-electron chi connectivity index (χ1n) is 6.48. The number of carbonyl (C=O) groups excluding carboxylic acids is 1. The summed E-state index contributed by atoms with van der Waals surface area (Å²) in [6.07, 6.45) is -0.777. The minimum Gasteiger partial charge on any atom is -0.459 e. The normalized spacial score (nSPS) is 13.9. The summed E-state index contributed by atoms with van der Waals surface area (Å²) in [6.45, 7) is 4.42. The number of hydrogen-bond acceptors (Lipinski definition) is 9. The van der Waals surface area contributed by atoms with Crippen molar-refractivity contribution >= 4 is 17.7 Å². The van der Waals surface area contributed by atoms with Crippen LogP contribution in [-0.4, -0.2) is 66.2 Å². The van der Waals surface area contributed by atoms with Gasteiger partial charge in [0, 0.05) is 12.9 Å². The van der Waals surface area contributed by atoms with Gasteiger partial charge in [0.15, 0.2) is 0 Å². The molecule has 2 unspecified atom stereocenters. The fourth-order valence-corrected chi connectivity index (χ4v) is 1.98.